The van der Waals surface area contributed by atoms with E-state index in [1.807, 2.05) is 6.92 Å². The van der Waals surface area contributed by atoms with Crippen LogP contribution in [0.3, 0.4) is 0 Å². The van der Waals surface area contributed by atoms with Gasteiger partial charge in [0.05, 0.1) is 19.0 Å². The van der Waals surface area contributed by atoms with Crippen LogP contribution < -0.4 is 10.5 Å². The first-order valence-electron chi connectivity index (χ1n) is 9.03. The lowest BCUT2D eigenvalue weighted by Gasteiger charge is -2.18. The van der Waals surface area contributed by atoms with Gasteiger partial charge in [-0.2, -0.15) is 9.97 Å². The first-order chi connectivity index (χ1) is 12.7. The third kappa shape index (κ3) is 4.27. The number of rotatable bonds is 7. The number of aliphatic hydroxyl groups excluding tert-OH is 2. The largest absolute Gasteiger partial charge is 0.476 e. The Hall–Kier alpha value is -1.67. The number of imidazole rings is 1. The van der Waals surface area contributed by atoms with Gasteiger partial charge in [-0.1, -0.05) is 6.92 Å². The van der Waals surface area contributed by atoms with Gasteiger partial charge in [0.25, 0.3) is 0 Å². The molecule has 2 aromatic heterocycles. The van der Waals surface area contributed by atoms with Crippen LogP contribution in [0.4, 0.5) is 5.95 Å². The fourth-order valence-electron chi connectivity index (χ4n) is 3.07. The van der Waals surface area contributed by atoms with Gasteiger partial charge in [-0.25, -0.2) is 4.98 Å². The standard InChI is InChI=1S/C17H28N5O4P/c1-5-7-25-15-11-14(20-17(18)21-15)22(9-19-11)16-13(24)12(23)10(26-16)6-8-27(2,3)4/h9-10,12-13,16,23-24H,2,5-8H2,1,3-4H3,(H2,18,20,21)/t10-,12-,13?,16?/m1/s1. The van der Waals surface area contributed by atoms with E-state index in [9.17, 15) is 10.2 Å². The summed E-state index contributed by atoms with van der Waals surface area (Å²) < 4.78 is 13.1. The average molecular weight is 397 g/mol. The molecule has 2 aromatic rings. The maximum atomic E-state index is 10.5. The highest BCUT2D eigenvalue weighted by atomic mass is 31.2. The number of nitrogens with zero attached hydrogens (tertiary/aromatic N) is 4. The molecule has 0 bridgehead atoms. The zero-order valence-corrected chi connectivity index (χ0v) is 16.8. The summed E-state index contributed by atoms with van der Waals surface area (Å²) in [6.07, 6.45) is 4.61. The summed E-state index contributed by atoms with van der Waals surface area (Å²) in [4.78, 5) is 12.6. The number of anilines is 1. The van der Waals surface area contributed by atoms with Gasteiger partial charge < -0.3 is 25.4 Å². The van der Waals surface area contributed by atoms with Crippen LogP contribution in [0.25, 0.3) is 11.2 Å². The lowest BCUT2D eigenvalue weighted by atomic mass is 10.1. The van der Waals surface area contributed by atoms with Crippen molar-refractivity contribution in [2.45, 2.75) is 44.3 Å². The Balaban J connectivity index is 1.88. The van der Waals surface area contributed by atoms with Gasteiger partial charge in [-0.3, -0.25) is 4.57 Å². The van der Waals surface area contributed by atoms with E-state index in [0.29, 0.717) is 30.1 Å². The van der Waals surface area contributed by atoms with E-state index in [4.69, 9.17) is 15.2 Å². The molecule has 1 aliphatic rings. The minimum atomic E-state index is -1.25. The van der Waals surface area contributed by atoms with Gasteiger partial charge in [0.2, 0.25) is 11.8 Å². The molecule has 1 aliphatic heterocycles. The number of fused-ring (bicyclic) bond motifs is 1. The lowest BCUT2D eigenvalue weighted by Crippen LogP contribution is -2.31. The highest BCUT2D eigenvalue weighted by molar-refractivity contribution is 7.72. The Morgan fingerprint density at radius 2 is 2.07 bits per heavy atom. The van der Waals surface area contributed by atoms with Crippen LogP contribution in [0.5, 0.6) is 5.88 Å². The molecule has 1 fully saturated rings. The molecule has 150 valence electrons. The Morgan fingerprint density at radius 1 is 1.33 bits per heavy atom. The van der Waals surface area contributed by atoms with Crippen LogP contribution in [0.1, 0.15) is 26.0 Å². The smallest absolute Gasteiger partial charge is 0.247 e. The van der Waals surface area contributed by atoms with Crippen molar-refractivity contribution in [1.82, 2.24) is 19.5 Å². The summed E-state index contributed by atoms with van der Waals surface area (Å²) >= 11 is 0. The molecule has 4 atom stereocenters. The Morgan fingerprint density at radius 3 is 2.74 bits per heavy atom. The Bertz CT molecular complexity index is 851. The van der Waals surface area contributed by atoms with Crippen molar-refractivity contribution >= 4 is 30.3 Å². The topological polar surface area (TPSA) is 129 Å². The first-order valence-corrected chi connectivity index (χ1v) is 12.1. The summed E-state index contributed by atoms with van der Waals surface area (Å²) in [5.41, 5.74) is 6.65. The van der Waals surface area contributed by atoms with E-state index in [0.717, 1.165) is 12.6 Å². The normalized spacial score (nSPS) is 26.0. The van der Waals surface area contributed by atoms with Crippen molar-refractivity contribution < 1.29 is 19.7 Å². The SMILES string of the molecule is C=P(C)(C)CC[C@H]1OC(n2cnc3c(OCCC)nc(N)nc32)C(O)[C@@H]1O. The molecule has 27 heavy (non-hydrogen) atoms. The molecule has 4 N–H and O–H groups in total. The second kappa shape index (κ2) is 7.75. The van der Waals surface area contributed by atoms with Crippen molar-refractivity contribution in [1.29, 1.82) is 0 Å². The lowest BCUT2D eigenvalue weighted by molar-refractivity contribution is -0.0353. The van der Waals surface area contributed by atoms with Crippen LogP contribution in [0.15, 0.2) is 6.33 Å². The van der Waals surface area contributed by atoms with Crippen LogP contribution >= 0.6 is 6.89 Å². The highest BCUT2D eigenvalue weighted by Gasteiger charge is 2.44. The average Bonchev–Trinajstić information content (AvgIpc) is 3.12. The van der Waals surface area contributed by atoms with Gasteiger partial charge in [-0.15, -0.1) is 13.2 Å². The Kier molecular flexibility index (Phi) is 5.76. The maximum absolute atomic E-state index is 10.5. The molecule has 0 spiro atoms. The van der Waals surface area contributed by atoms with Crippen LogP contribution in [-0.2, 0) is 4.74 Å². The molecule has 3 heterocycles. The number of nitrogen functional groups attached to an aromatic ring is 1. The van der Waals surface area contributed by atoms with E-state index in [-0.39, 0.29) is 5.95 Å². The molecule has 2 unspecified atom stereocenters. The third-order valence-corrected chi connectivity index (χ3v) is 5.95. The molecule has 1 saturated heterocycles. The van der Waals surface area contributed by atoms with E-state index in [1.165, 1.54) is 6.33 Å². The zero-order valence-electron chi connectivity index (χ0n) is 15.9. The number of ether oxygens (including phenoxy) is 2. The first kappa shape index (κ1) is 20.1. The molecule has 0 amide bonds. The summed E-state index contributed by atoms with van der Waals surface area (Å²) in [6, 6.07) is 0. The second-order valence-electron chi connectivity index (χ2n) is 7.55. The third-order valence-electron chi connectivity index (χ3n) is 4.48. The number of hydrogen-bond acceptors (Lipinski definition) is 8. The molecule has 0 radical (unpaired) electrons. The summed E-state index contributed by atoms with van der Waals surface area (Å²) in [5.74, 6) is 0.342. The number of aliphatic hydroxyl groups is 2. The molecule has 3 rings (SSSR count). The zero-order chi connectivity index (χ0) is 19.8. The second-order valence-corrected chi connectivity index (χ2v) is 11.9. The van der Waals surface area contributed by atoms with Gasteiger partial charge >= 0.3 is 0 Å². The molecule has 0 aliphatic carbocycles. The maximum Gasteiger partial charge on any atom is 0.247 e. The molecular weight excluding hydrogens is 369 g/mol. The predicted molar refractivity (Wildman–Crippen MR) is 107 cm³/mol. The van der Waals surface area contributed by atoms with E-state index < -0.39 is 31.4 Å². The van der Waals surface area contributed by atoms with E-state index >= 15 is 0 Å². The van der Waals surface area contributed by atoms with E-state index in [1.54, 1.807) is 4.57 Å². The molecule has 9 nitrogen and oxygen atoms in total. The number of hydrogen-bond donors (Lipinski definition) is 3. The van der Waals surface area contributed by atoms with Gasteiger partial charge in [0.1, 0.15) is 12.2 Å². The van der Waals surface area contributed by atoms with Crippen molar-refractivity contribution in [3.8, 4) is 5.88 Å². The highest BCUT2D eigenvalue weighted by Crippen LogP contribution is 2.40. The summed E-state index contributed by atoms with van der Waals surface area (Å²) in [7, 11) is 0. The van der Waals surface area contributed by atoms with Crippen molar-refractivity contribution in [2.75, 3.05) is 31.8 Å². The molecule has 0 saturated carbocycles. The van der Waals surface area contributed by atoms with E-state index in [2.05, 4.69) is 34.6 Å². The minimum absolute atomic E-state index is 0.0449. The fourth-order valence-corrected chi connectivity index (χ4v) is 4.02. The van der Waals surface area contributed by atoms with Crippen LogP contribution in [0, 0.1) is 0 Å². The van der Waals surface area contributed by atoms with Crippen molar-refractivity contribution in [3.05, 3.63) is 6.33 Å². The molecule has 0 aromatic carbocycles. The minimum Gasteiger partial charge on any atom is -0.476 e. The van der Waals surface area contributed by atoms with Gasteiger partial charge in [-0.05, 0) is 32.3 Å². The van der Waals surface area contributed by atoms with Gasteiger partial charge in [0, 0.05) is 0 Å². The van der Waals surface area contributed by atoms with Gasteiger partial charge in [0.15, 0.2) is 17.4 Å². The van der Waals surface area contributed by atoms with Crippen LogP contribution in [0.2, 0.25) is 0 Å². The number of aromatic nitrogens is 4. The van der Waals surface area contributed by atoms with Crippen molar-refractivity contribution in [2.24, 2.45) is 0 Å². The quantitative estimate of drug-likeness (QED) is 0.588. The molecule has 10 heteroatoms. The monoisotopic (exact) mass is 397 g/mol. The van der Waals surface area contributed by atoms with Crippen LogP contribution in [-0.4, -0.2) is 80.4 Å². The van der Waals surface area contributed by atoms with Crippen molar-refractivity contribution in [3.63, 3.8) is 0 Å². The fraction of sp³-hybridized carbons (Fsp3) is 0.647. The molecular formula is C17H28N5O4P. The summed E-state index contributed by atoms with van der Waals surface area (Å²) in [5, 5.41) is 21.0. The summed E-state index contributed by atoms with van der Waals surface area (Å²) in [6.45, 7) is 5.47. The number of nitrogens with two attached hydrogens (primary N) is 1. The Labute approximate surface area is 158 Å². The predicted octanol–water partition coefficient (Wildman–Crippen LogP) is 0.916.